The Labute approximate surface area is 203 Å². The number of anilines is 3. The molecule has 1 aliphatic rings. The fraction of sp³-hybridized carbons (Fsp3) is 0.259. The maximum atomic E-state index is 13.7. The van der Waals surface area contributed by atoms with Gasteiger partial charge in [0, 0.05) is 17.6 Å². The van der Waals surface area contributed by atoms with Crippen LogP contribution in [0.2, 0.25) is 0 Å². The maximum absolute atomic E-state index is 13.7. The number of fused-ring (bicyclic) bond motifs is 2. The third-order valence-corrected chi connectivity index (χ3v) is 6.66. The highest BCUT2D eigenvalue weighted by Crippen LogP contribution is 2.38. The summed E-state index contributed by atoms with van der Waals surface area (Å²) in [6.07, 6.45) is 2.96. The molecule has 5 rings (SSSR count). The van der Waals surface area contributed by atoms with Gasteiger partial charge in [0.1, 0.15) is 28.8 Å². The van der Waals surface area contributed by atoms with Crippen molar-refractivity contribution >= 4 is 40.1 Å². The van der Waals surface area contributed by atoms with Gasteiger partial charge < -0.3 is 15.0 Å². The zero-order valence-corrected chi connectivity index (χ0v) is 20.3. The molecule has 1 unspecified atom stereocenters. The van der Waals surface area contributed by atoms with E-state index in [9.17, 15) is 4.39 Å². The van der Waals surface area contributed by atoms with E-state index >= 15 is 0 Å². The number of nitrogens with one attached hydrogen (secondary N) is 1. The lowest BCUT2D eigenvalue weighted by Crippen LogP contribution is -2.34. The van der Waals surface area contributed by atoms with Crippen LogP contribution in [0.4, 0.5) is 21.8 Å². The summed E-state index contributed by atoms with van der Waals surface area (Å²) < 4.78 is 19.7. The highest BCUT2D eigenvalue weighted by molar-refractivity contribution is 7.98. The molecule has 3 aromatic carbocycles. The van der Waals surface area contributed by atoms with Gasteiger partial charge in [0.05, 0.1) is 6.04 Å². The summed E-state index contributed by atoms with van der Waals surface area (Å²) in [4.78, 5) is 12.2. The molecule has 1 aromatic heterocycles. The minimum atomic E-state index is -0.267. The first kappa shape index (κ1) is 22.5. The Morgan fingerprint density at radius 1 is 1.12 bits per heavy atom. The predicted octanol–water partition coefficient (Wildman–Crippen LogP) is 6.64. The standard InChI is InChI=1S/C27H27FN4OS/c1-17-15-20(28)11-12-23(17)29-27-30-25-22(9-6-10-24(25)33-16-34-3)26(31-27)32-14-13-19-7-4-5-8-21(19)18(32)2/h4-12,15,18H,13-14,16H2,1-3H3,(H,29,30,31). The van der Waals surface area contributed by atoms with Crippen LogP contribution in [0.15, 0.2) is 60.7 Å². The highest BCUT2D eigenvalue weighted by atomic mass is 32.2. The van der Waals surface area contributed by atoms with Gasteiger partial charge in [0.2, 0.25) is 5.95 Å². The van der Waals surface area contributed by atoms with Crippen LogP contribution < -0.4 is 15.0 Å². The Hall–Kier alpha value is -3.32. The van der Waals surface area contributed by atoms with E-state index in [1.165, 1.54) is 23.3 Å². The summed E-state index contributed by atoms with van der Waals surface area (Å²) in [5.41, 5.74) is 5.02. The third-order valence-electron chi connectivity index (χ3n) is 6.30. The second kappa shape index (κ2) is 9.50. The first-order valence-electron chi connectivity index (χ1n) is 11.4. The molecule has 174 valence electrons. The summed E-state index contributed by atoms with van der Waals surface area (Å²) in [5, 5.41) is 4.26. The lowest BCUT2D eigenvalue weighted by atomic mass is 9.93. The number of benzene rings is 3. The largest absolute Gasteiger partial charge is 0.481 e. The van der Waals surface area contributed by atoms with Gasteiger partial charge in [0.15, 0.2) is 0 Å². The van der Waals surface area contributed by atoms with E-state index in [-0.39, 0.29) is 11.9 Å². The number of nitrogens with zero attached hydrogens (tertiary/aromatic N) is 3. The molecule has 7 heteroatoms. The van der Waals surface area contributed by atoms with Crippen LogP contribution >= 0.6 is 11.8 Å². The number of aromatic nitrogens is 2. The summed E-state index contributed by atoms with van der Waals surface area (Å²) in [6.45, 7) is 4.94. The van der Waals surface area contributed by atoms with E-state index in [1.807, 2.05) is 25.3 Å². The molecule has 0 saturated carbocycles. The van der Waals surface area contributed by atoms with E-state index in [2.05, 4.69) is 47.5 Å². The monoisotopic (exact) mass is 474 g/mol. The van der Waals surface area contributed by atoms with Gasteiger partial charge >= 0.3 is 0 Å². The Kier molecular flexibility index (Phi) is 6.28. The van der Waals surface area contributed by atoms with Crippen molar-refractivity contribution in [2.24, 2.45) is 0 Å². The average Bonchev–Trinajstić information content (AvgIpc) is 2.84. The van der Waals surface area contributed by atoms with E-state index in [0.29, 0.717) is 11.9 Å². The fourth-order valence-corrected chi connectivity index (χ4v) is 4.82. The number of rotatable bonds is 6. The van der Waals surface area contributed by atoms with Crippen molar-refractivity contribution in [3.8, 4) is 5.75 Å². The average molecular weight is 475 g/mol. The second-order valence-electron chi connectivity index (χ2n) is 8.48. The molecule has 34 heavy (non-hydrogen) atoms. The van der Waals surface area contributed by atoms with Gasteiger partial charge in [-0.1, -0.05) is 30.3 Å². The van der Waals surface area contributed by atoms with Crippen molar-refractivity contribution in [3.05, 3.63) is 83.2 Å². The van der Waals surface area contributed by atoms with Crippen LogP contribution in [0.1, 0.15) is 29.7 Å². The summed E-state index contributed by atoms with van der Waals surface area (Å²) >= 11 is 1.61. The number of para-hydroxylation sites is 1. The van der Waals surface area contributed by atoms with E-state index in [0.717, 1.165) is 46.7 Å². The van der Waals surface area contributed by atoms with Crippen molar-refractivity contribution in [3.63, 3.8) is 0 Å². The summed E-state index contributed by atoms with van der Waals surface area (Å²) in [5.74, 6) is 2.31. The summed E-state index contributed by atoms with van der Waals surface area (Å²) in [7, 11) is 0. The Morgan fingerprint density at radius 2 is 1.97 bits per heavy atom. The smallest absolute Gasteiger partial charge is 0.229 e. The van der Waals surface area contributed by atoms with Gasteiger partial charge in [-0.3, -0.25) is 0 Å². The number of hydrogen-bond acceptors (Lipinski definition) is 6. The molecule has 0 saturated heterocycles. The number of aryl methyl sites for hydroxylation is 1. The van der Waals surface area contributed by atoms with Crippen LogP contribution in [0.25, 0.3) is 10.9 Å². The molecule has 1 atom stereocenters. The van der Waals surface area contributed by atoms with Crippen molar-refractivity contribution in [1.29, 1.82) is 0 Å². The SMILES string of the molecule is CSCOc1cccc2c(N3CCc4ccccc4C3C)nc(Nc3ccc(F)cc3C)nc12. The molecular formula is C27H27FN4OS. The van der Waals surface area contributed by atoms with E-state index in [4.69, 9.17) is 14.7 Å². The number of hydrogen-bond donors (Lipinski definition) is 1. The van der Waals surface area contributed by atoms with Gasteiger partial charge in [-0.15, -0.1) is 11.8 Å². The maximum Gasteiger partial charge on any atom is 0.229 e. The van der Waals surface area contributed by atoms with Gasteiger partial charge in [-0.05, 0) is 73.5 Å². The molecule has 4 aromatic rings. The summed E-state index contributed by atoms with van der Waals surface area (Å²) in [6, 6.07) is 19.4. The minimum absolute atomic E-state index is 0.166. The first-order chi connectivity index (χ1) is 16.5. The van der Waals surface area contributed by atoms with Gasteiger partial charge in [-0.2, -0.15) is 4.98 Å². The predicted molar refractivity (Wildman–Crippen MR) is 139 cm³/mol. The number of halogens is 1. The second-order valence-corrected chi connectivity index (χ2v) is 9.29. The molecule has 0 radical (unpaired) electrons. The molecule has 5 nitrogen and oxygen atoms in total. The molecule has 2 heterocycles. The molecule has 0 aliphatic carbocycles. The van der Waals surface area contributed by atoms with Crippen LogP contribution in [0.3, 0.4) is 0 Å². The lowest BCUT2D eigenvalue weighted by Gasteiger charge is -2.37. The zero-order valence-electron chi connectivity index (χ0n) is 19.5. The van der Waals surface area contributed by atoms with Crippen LogP contribution in [-0.2, 0) is 6.42 Å². The third kappa shape index (κ3) is 4.28. The van der Waals surface area contributed by atoms with Crippen molar-refractivity contribution < 1.29 is 9.13 Å². The normalized spacial score (nSPS) is 15.3. The van der Waals surface area contributed by atoms with Crippen molar-refractivity contribution in [1.82, 2.24) is 9.97 Å². The van der Waals surface area contributed by atoms with Gasteiger partial charge in [0.25, 0.3) is 0 Å². The van der Waals surface area contributed by atoms with Crippen LogP contribution in [-0.4, -0.2) is 28.7 Å². The topological polar surface area (TPSA) is 50.3 Å². The zero-order chi connectivity index (χ0) is 23.7. The first-order valence-corrected chi connectivity index (χ1v) is 12.7. The minimum Gasteiger partial charge on any atom is -0.481 e. The Balaban J connectivity index is 1.64. The van der Waals surface area contributed by atoms with Crippen molar-refractivity contribution in [2.75, 3.05) is 29.0 Å². The molecular weight excluding hydrogens is 447 g/mol. The Morgan fingerprint density at radius 3 is 2.79 bits per heavy atom. The number of ether oxygens (including phenoxy) is 1. The van der Waals surface area contributed by atoms with Gasteiger partial charge in [-0.25, -0.2) is 9.37 Å². The quantitative estimate of drug-likeness (QED) is 0.316. The number of thioether (sulfide) groups is 1. The highest BCUT2D eigenvalue weighted by Gasteiger charge is 2.27. The Bertz CT molecular complexity index is 1350. The molecule has 0 bridgehead atoms. The molecule has 0 spiro atoms. The van der Waals surface area contributed by atoms with E-state index in [1.54, 1.807) is 17.8 Å². The molecule has 0 fully saturated rings. The molecule has 1 aliphatic heterocycles. The van der Waals surface area contributed by atoms with E-state index < -0.39 is 0 Å². The van der Waals surface area contributed by atoms with Crippen LogP contribution in [0.5, 0.6) is 5.75 Å². The molecule has 0 amide bonds. The molecule has 1 N–H and O–H groups in total. The lowest BCUT2D eigenvalue weighted by molar-refractivity contribution is 0.397. The van der Waals surface area contributed by atoms with Crippen molar-refractivity contribution in [2.45, 2.75) is 26.3 Å². The fourth-order valence-electron chi connectivity index (χ4n) is 4.57. The van der Waals surface area contributed by atoms with Crippen LogP contribution in [0, 0.1) is 12.7 Å².